The molecule has 7 nitrogen and oxygen atoms in total. The van der Waals surface area contributed by atoms with E-state index in [1.54, 1.807) is 6.92 Å². The Bertz CT molecular complexity index is 747. The van der Waals surface area contributed by atoms with Crippen LogP contribution in [-0.4, -0.2) is 18.6 Å². The van der Waals surface area contributed by atoms with Crippen LogP contribution < -0.4 is 9.88 Å². The molecule has 1 aromatic carbocycles. The number of primary sulfonamides is 1. The first-order valence-corrected chi connectivity index (χ1v) is 7.93. The molecule has 10 heteroatoms. The third-order valence-corrected chi connectivity index (χ3v) is 3.85. The zero-order valence-corrected chi connectivity index (χ0v) is 13.3. The van der Waals surface area contributed by atoms with Crippen molar-refractivity contribution in [2.24, 2.45) is 5.14 Å². The predicted molar refractivity (Wildman–Crippen MR) is 73.9 cm³/mol. The second kappa shape index (κ2) is 5.68. The molecule has 0 saturated heterocycles. The standard InChI is InChI=1S/C10H9BrClN3O4S/c1-5-14-9(15-19-5)4-18-10-7(12)2-6(11)3-8(10)20(13,16)17/h2-3H,4H2,1H3,(H2,13,16,17). The lowest BCUT2D eigenvalue weighted by Gasteiger charge is -2.11. The minimum atomic E-state index is -3.98. The molecule has 1 heterocycles. The molecule has 0 bridgehead atoms. The van der Waals surface area contributed by atoms with Gasteiger partial charge in [0.25, 0.3) is 0 Å². The maximum absolute atomic E-state index is 11.5. The molecule has 0 unspecified atom stereocenters. The number of aromatic nitrogens is 2. The second-order valence-corrected chi connectivity index (χ2v) is 6.63. The van der Waals surface area contributed by atoms with Gasteiger partial charge in [0.1, 0.15) is 4.90 Å². The largest absolute Gasteiger partial charge is 0.482 e. The van der Waals surface area contributed by atoms with Crippen LogP contribution in [0.15, 0.2) is 26.0 Å². The van der Waals surface area contributed by atoms with E-state index in [0.29, 0.717) is 10.4 Å². The van der Waals surface area contributed by atoms with Crippen LogP contribution in [0.25, 0.3) is 0 Å². The average Bonchev–Trinajstić information content (AvgIpc) is 2.72. The molecular weight excluding hydrogens is 374 g/mol. The van der Waals surface area contributed by atoms with Crippen LogP contribution in [0, 0.1) is 6.92 Å². The van der Waals surface area contributed by atoms with Crippen LogP contribution in [-0.2, 0) is 16.6 Å². The molecule has 108 valence electrons. The molecule has 1 aromatic heterocycles. The Labute approximate surface area is 128 Å². The van der Waals surface area contributed by atoms with E-state index >= 15 is 0 Å². The summed E-state index contributed by atoms with van der Waals surface area (Å²) in [5.41, 5.74) is 0. The van der Waals surface area contributed by atoms with Crippen LogP contribution in [0.2, 0.25) is 5.02 Å². The van der Waals surface area contributed by atoms with Crippen LogP contribution in [0.1, 0.15) is 11.7 Å². The lowest BCUT2D eigenvalue weighted by molar-refractivity contribution is 0.279. The van der Waals surface area contributed by atoms with E-state index in [-0.39, 0.29) is 28.1 Å². The average molecular weight is 383 g/mol. The Morgan fingerprint density at radius 2 is 2.20 bits per heavy atom. The fourth-order valence-corrected chi connectivity index (χ4v) is 3.21. The molecule has 0 saturated carbocycles. The zero-order chi connectivity index (χ0) is 14.9. The predicted octanol–water partition coefficient (Wildman–Crippen LogP) is 2.02. The van der Waals surface area contributed by atoms with Crippen molar-refractivity contribution in [1.29, 1.82) is 0 Å². The summed E-state index contributed by atoms with van der Waals surface area (Å²) >= 11 is 9.11. The third-order valence-electron chi connectivity index (χ3n) is 2.20. The summed E-state index contributed by atoms with van der Waals surface area (Å²) in [5, 5.41) is 8.86. The molecular formula is C10H9BrClN3O4S. The van der Waals surface area contributed by atoms with Crippen LogP contribution in [0.5, 0.6) is 5.75 Å². The first kappa shape index (κ1) is 15.2. The number of nitrogens with zero attached hydrogens (tertiary/aromatic N) is 2. The van der Waals surface area contributed by atoms with Gasteiger partial charge >= 0.3 is 0 Å². The minimum absolute atomic E-state index is 0.0557. The van der Waals surface area contributed by atoms with Gasteiger partial charge in [-0.2, -0.15) is 4.98 Å². The topological polar surface area (TPSA) is 108 Å². The molecule has 0 aliphatic heterocycles. The Morgan fingerprint density at radius 3 is 2.75 bits per heavy atom. The number of halogens is 2. The Kier molecular flexibility index (Phi) is 4.33. The summed E-state index contributed by atoms with van der Waals surface area (Å²) in [5.74, 6) is 0.582. The van der Waals surface area contributed by atoms with E-state index in [1.165, 1.54) is 12.1 Å². The number of hydrogen-bond donors (Lipinski definition) is 1. The molecule has 0 atom stereocenters. The van der Waals surface area contributed by atoms with E-state index in [2.05, 4.69) is 26.1 Å². The SMILES string of the molecule is Cc1nc(COc2c(Cl)cc(Br)cc2S(N)(=O)=O)no1. The van der Waals surface area contributed by atoms with Gasteiger partial charge in [0.05, 0.1) is 5.02 Å². The second-order valence-electron chi connectivity index (χ2n) is 3.78. The van der Waals surface area contributed by atoms with Crippen LogP contribution >= 0.6 is 27.5 Å². The zero-order valence-electron chi connectivity index (χ0n) is 10.1. The van der Waals surface area contributed by atoms with Crippen molar-refractivity contribution in [3.05, 3.63) is 33.3 Å². The minimum Gasteiger partial charge on any atom is -0.482 e. The highest BCUT2D eigenvalue weighted by Crippen LogP contribution is 2.35. The molecule has 0 radical (unpaired) electrons. The van der Waals surface area contributed by atoms with E-state index in [1.807, 2.05) is 0 Å². The summed E-state index contributed by atoms with van der Waals surface area (Å²) in [6, 6.07) is 2.80. The number of nitrogens with two attached hydrogens (primary N) is 1. The van der Waals surface area contributed by atoms with Gasteiger partial charge in [-0.15, -0.1) is 0 Å². The number of sulfonamides is 1. The molecule has 2 rings (SSSR count). The third kappa shape index (κ3) is 3.48. The Hall–Kier alpha value is -1.16. The van der Waals surface area contributed by atoms with E-state index in [0.717, 1.165) is 0 Å². The highest BCUT2D eigenvalue weighted by Gasteiger charge is 2.20. The maximum Gasteiger partial charge on any atom is 0.241 e. The highest BCUT2D eigenvalue weighted by molar-refractivity contribution is 9.10. The quantitative estimate of drug-likeness (QED) is 0.866. The van der Waals surface area contributed by atoms with Crippen molar-refractivity contribution in [3.63, 3.8) is 0 Å². The van der Waals surface area contributed by atoms with Gasteiger partial charge in [-0.1, -0.05) is 32.7 Å². The van der Waals surface area contributed by atoms with Gasteiger partial charge in [-0.05, 0) is 12.1 Å². The molecule has 2 aromatic rings. The first-order chi connectivity index (χ1) is 9.27. The van der Waals surface area contributed by atoms with Crippen molar-refractivity contribution in [3.8, 4) is 5.75 Å². The lowest BCUT2D eigenvalue weighted by atomic mass is 10.3. The molecule has 0 aliphatic rings. The highest BCUT2D eigenvalue weighted by atomic mass is 79.9. The summed E-state index contributed by atoms with van der Waals surface area (Å²) in [7, 11) is -3.98. The Morgan fingerprint density at radius 1 is 1.50 bits per heavy atom. The molecule has 0 spiro atoms. The Balaban J connectivity index is 2.35. The smallest absolute Gasteiger partial charge is 0.241 e. The van der Waals surface area contributed by atoms with E-state index in [4.69, 9.17) is 26.0 Å². The van der Waals surface area contributed by atoms with E-state index in [9.17, 15) is 8.42 Å². The molecule has 20 heavy (non-hydrogen) atoms. The number of aryl methyl sites for hydroxylation is 1. The summed E-state index contributed by atoms with van der Waals surface area (Å²) in [4.78, 5) is 3.70. The number of hydrogen-bond acceptors (Lipinski definition) is 6. The summed E-state index contributed by atoms with van der Waals surface area (Å²) in [6.07, 6.45) is 0. The van der Waals surface area contributed by atoms with Crippen LogP contribution in [0.4, 0.5) is 0 Å². The van der Waals surface area contributed by atoms with Gasteiger partial charge in [0.2, 0.25) is 21.7 Å². The summed E-state index contributed by atoms with van der Waals surface area (Å²) in [6.45, 7) is 1.53. The van der Waals surface area contributed by atoms with E-state index < -0.39 is 10.0 Å². The fraction of sp³-hybridized carbons (Fsp3) is 0.200. The van der Waals surface area contributed by atoms with Gasteiger partial charge in [0.15, 0.2) is 12.4 Å². The van der Waals surface area contributed by atoms with Gasteiger partial charge < -0.3 is 9.26 Å². The maximum atomic E-state index is 11.5. The number of benzene rings is 1. The van der Waals surface area contributed by atoms with Gasteiger partial charge in [-0.25, -0.2) is 13.6 Å². The molecule has 0 fully saturated rings. The monoisotopic (exact) mass is 381 g/mol. The molecule has 2 N–H and O–H groups in total. The van der Waals surface area contributed by atoms with Crippen molar-refractivity contribution in [1.82, 2.24) is 10.1 Å². The molecule has 0 amide bonds. The van der Waals surface area contributed by atoms with Crippen LogP contribution in [0.3, 0.4) is 0 Å². The molecule has 0 aliphatic carbocycles. The van der Waals surface area contributed by atoms with Crippen molar-refractivity contribution in [2.75, 3.05) is 0 Å². The van der Waals surface area contributed by atoms with Gasteiger partial charge in [0, 0.05) is 11.4 Å². The van der Waals surface area contributed by atoms with Crippen molar-refractivity contribution >= 4 is 37.6 Å². The van der Waals surface area contributed by atoms with Crippen molar-refractivity contribution in [2.45, 2.75) is 18.4 Å². The lowest BCUT2D eigenvalue weighted by Crippen LogP contribution is -2.14. The number of rotatable bonds is 4. The van der Waals surface area contributed by atoms with Crippen molar-refractivity contribution < 1.29 is 17.7 Å². The number of ether oxygens (including phenoxy) is 1. The summed E-state index contributed by atoms with van der Waals surface area (Å²) < 4.78 is 33.7. The first-order valence-electron chi connectivity index (χ1n) is 5.21. The normalized spacial score (nSPS) is 11.6. The van der Waals surface area contributed by atoms with Gasteiger partial charge in [-0.3, -0.25) is 0 Å². The fourth-order valence-electron chi connectivity index (χ4n) is 1.42.